The van der Waals surface area contributed by atoms with Crippen molar-refractivity contribution in [3.8, 4) is 11.1 Å². The van der Waals surface area contributed by atoms with Crippen molar-refractivity contribution in [3.63, 3.8) is 0 Å². The van der Waals surface area contributed by atoms with E-state index >= 15 is 0 Å². The van der Waals surface area contributed by atoms with Crippen LogP contribution in [0, 0.1) is 0 Å². The second kappa shape index (κ2) is 9.47. The molecule has 160 valence electrons. The van der Waals surface area contributed by atoms with Gasteiger partial charge in [0.05, 0.1) is 12.0 Å². The normalized spacial score (nSPS) is 12.2. The van der Waals surface area contributed by atoms with Crippen LogP contribution in [-0.4, -0.2) is 17.9 Å². The fourth-order valence-electron chi connectivity index (χ4n) is 3.16. The monoisotopic (exact) mass is 426 g/mol. The Morgan fingerprint density at radius 2 is 1.35 bits per heavy atom. The van der Waals surface area contributed by atoms with Gasteiger partial charge in [0.1, 0.15) is 6.04 Å². The largest absolute Gasteiger partial charge is 0.416 e. The highest BCUT2D eigenvalue weighted by Crippen LogP contribution is 2.29. The Kier molecular flexibility index (Phi) is 6.74. The van der Waals surface area contributed by atoms with Gasteiger partial charge in [-0.15, -0.1) is 0 Å². The number of halogens is 3. The van der Waals surface area contributed by atoms with Crippen LogP contribution < -0.4 is 11.1 Å². The van der Waals surface area contributed by atoms with E-state index in [0.717, 1.165) is 28.8 Å². The van der Waals surface area contributed by atoms with Crippen LogP contribution in [0.4, 0.5) is 13.2 Å². The number of rotatable bonds is 7. The Balaban J connectivity index is 1.62. The van der Waals surface area contributed by atoms with Gasteiger partial charge in [-0.05, 0) is 34.4 Å². The van der Waals surface area contributed by atoms with Crippen LogP contribution in [-0.2, 0) is 28.6 Å². The first-order valence-corrected chi connectivity index (χ1v) is 9.61. The predicted octanol–water partition coefficient (Wildman–Crippen LogP) is 4.13. The molecule has 0 radical (unpaired) electrons. The third-order valence-corrected chi connectivity index (χ3v) is 4.83. The van der Waals surface area contributed by atoms with Gasteiger partial charge in [0.15, 0.2) is 0 Å². The van der Waals surface area contributed by atoms with Crippen LogP contribution in [0.2, 0.25) is 0 Å². The maximum Gasteiger partial charge on any atom is 0.416 e. The Bertz CT molecular complexity index is 1030. The van der Waals surface area contributed by atoms with Crippen molar-refractivity contribution in [2.75, 3.05) is 0 Å². The molecule has 4 nitrogen and oxygen atoms in total. The highest BCUT2D eigenvalue weighted by atomic mass is 19.4. The summed E-state index contributed by atoms with van der Waals surface area (Å²) in [6.45, 7) is 0. The van der Waals surface area contributed by atoms with Gasteiger partial charge in [-0.1, -0.05) is 66.7 Å². The van der Waals surface area contributed by atoms with Crippen LogP contribution in [0.15, 0.2) is 78.9 Å². The molecule has 1 atom stereocenters. The summed E-state index contributed by atoms with van der Waals surface area (Å²) in [5.74, 6) is -1.18. The summed E-state index contributed by atoms with van der Waals surface area (Å²) in [6, 6.07) is 20.8. The highest BCUT2D eigenvalue weighted by Gasteiger charge is 2.30. The van der Waals surface area contributed by atoms with E-state index in [9.17, 15) is 22.8 Å². The Morgan fingerprint density at radius 1 is 0.806 bits per heavy atom. The number of amides is 2. The second-order valence-electron chi connectivity index (χ2n) is 7.16. The lowest BCUT2D eigenvalue weighted by atomic mass is 10.00. The molecule has 3 aromatic carbocycles. The van der Waals surface area contributed by atoms with E-state index in [4.69, 9.17) is 5.73 Å². The maximum absolute atomic E-state index is 12.6. The van der Waals surface area contributed by atoms with E-state index in [1.807, 2.05) is 54.6 Å². The Hall–Kier alpha value is -3.61. The van der Waals surface area contributed by atoms with E-state index in [1.54, 1.807) is 0 Å². The lowest BCUT2D eigenvalue weighted by Gasteiger charge is -2.16. The number of primary amides is 1. The standard InChI is InChI=1S/C24H21F3N2O2/c25-24(26,27)20-12-8-17(9-13-20)15-22(30)29-21(23(28)31)14-16-6-10-19(11-7-16)18-4-2-1-3-5-18/h1-13,21H,14-15H2,(H2,28,31)(H,29,30)/t21-/m1/s1. The van der Waals surface area contributed by atoms with Gasteiger partial charge in [0.25, 0.3) is 0 Å². The van der Waals surface area contributed by atoms with E-state index in [-0.39, 0.29) is 12.8 Å². The summed E-state index contributed by atoms with van der Waals surface area (Å²) < 4.78 is 37.9. The minimum Gasteiger partial charge on any atom is -0.368 e. The molecule has 31 heavy (non-hydrogen) atoms. The molecule has 0 spiro atoms. The number of hydrogen-bond acceptors (Lipinski definition) is 2. The van der Waals surface area contributed by atoms with E-state index in [0.29, 0.717) is 5.56 Å². The lowest BCUT2D eigenvalue weighted by Crippen LogP contribution is -2.46. The highest BCUT2D eigenvalue weighted by molar-refractivity contribution is 5.87. The van der Waals surface area contributed by atoms with Crippen LogP contribution in [0.1, 0.15) is 16.7 Å². The molecule has 2 amide bonds. The van der Waals surface area contributed by atoms with Gasteiger partial charge in [-0.3, -0.25) is 9.59 Å². The molecular weight excluding hydrogens is 405 g/mol. The number of carbonyl (C=O) groups excluding carboxylic acids is 2. The van der Waals surface area contributed by atoms with Crippen LogP contribution in [0.3, 0.4) is 0 Å². The van der Waals surface area contributed by atoms with Gasteiger partial charge in [-0.25, -0.2) is 0 Å². The van der Waals surface area contributed by atoms with Crippen molar-refractivity contribution in [2.24, 2.45) is 5.73 Å². The molecule has 0 bridgehead atoms. The third kappa shape index (κ3) is 6.18. The van der Waals surface area contributed by atoms with Crippen molar-refractivity contribution >= 4 is 11.8 Å². The summed E-state index contributed by atoms with van der Waals surface area (Å²) in [4.78, 5) is 24.1. The smallest absolute Gasteiger partial charge is 0.368 e. The topological polar surface area (TPSA) is 72.2 Å². The minimum absolute atomic E-state index is 0.158. The summed E-state index contributed by atoms with van der Waals surface area (Å²) in [5, 5.41) is 2.57. The first-order valence-electron chi connectivity index (χ1n) is 9.61. The number of nitrogens with two attached hydrogens (primary N) is 1. The Morgan fingerprint density at radius 3 is 1.90 bits per heavy atom. The fraction of sp³-hybridized carbons (Fsp3) is 0.167. The van der Waals surface area contributed by atoms with E-state index < -0.39 is 29.6 Å². The average Bonchev–Trinajstić information content (AvgIpc) is 2.74. The predicted molar refractivity (Wildman–Crippen MR) is 112 cm³/mol. The van der Waals surface area contributed by atoms with Crippen molar-refractivity contribution in [3.05, 3.63) is 95.6 Å². The zero-order valence-electron chi connectivity index (χ0n) is 16.5. The first-order chi connectivity index (χ1) is 14.7. The van der Waals surface area contributed by atoms with Crippen molar-refractivity contribution in [1.29, 1.82) is 0 Å². The summed E-state index contributed by atoms with van der Waals surface area (Å²) in [5.41, 5.74) is 7.95. The van der Waals surface area contributed by atoms with E-state index in [2.05, 4.69) is 5.32 Å². The van der Waals surface area contributed by atoms with Gasteiger partial charge >= 0.3 is 6.18 Å². The quantitative estimate of drug-likeness (QED) is 0.596. The molecule has 7 heteroatoms. The van der Waals surface area contributed by atoms with E-state index in [1.165, 1.54) is 12.1 Å². The van der Waals surface area contributed by atoms with Crippen LogP contribution in [0.5, 0.6) is 0 Å². The number of nitrogens with one attached hydrogen (secondary N) is 1. The van der Waals surface area contributed by atoms with Gasteiger partial charge < -0.3 is 11.1 Å². The zero-order valence-corrected chi connectivity index (χ0v) is 16.5. The zero-order chi connectivity index (χ0) is 22.4. The molecule has 0 fully saturated rings. The summed E-state index contributed by atoms with van der Waals surface area (Å²) >= 11 is 0. The van der Waals surface area contributed by atoms with Crippen LogP contribution in [0.25, 0.3) is 11.1 Å². The average molecular weight is 426 g/mol. The molecule has 0 unspecified atom stereocenters. The number of benzene rings is 3. The molecule has 3 aromatic rings. The van der Waals surface area contributed by atoms with Crippen LogP contribution >= 0.6 is 0 Å². The molecule has 0 saturated carbocycles. The molecule has 0 aliphatic rings. The Labute approximate surface area is 177 Å². The molecular formula is C24H21F3N2O2. The second-order valence-corrected chi connectivity index (χ2v) is 7.16. The molecule has 3 N–H and O–H groups in total. The first kappa shape index (κ1) is 22.1. The van der Waals surface area contributed by atoms with Crippen molar-refractivity contribution < 1.29 is 22.8 Å². The number of alkyl halides is 3. The van der Waals surface area contributed by atoms with Crippen molar-refractivity contribution in [1.82, 2.24) is 5.32 Å². The van der Waals surface area contributed by atoms with Gasteiger partial charge in [0, 0.05) is 6.42 Å². The lowest BCUT2D eigenvalue weighted by molar-refractivity contribution is -0.137. The molecule has 0 saturated heterocycles. The molecule has 0 aliphatic heterocycles. The molecule has 0 aromatic heterocycles. The summed E-state index contributed by atoms with van der Waals surface area (Å²) in [6.07, 6.45) is -4.38. The summed E-state index contributed by atoms with van der Waals surface area (Å²) in [7, 11) is 0. The molecule has 0 heterocycles. The van der Waals surface area contributed by atoms with Crippen molar-refractivity contribution in [2.45, 2.75) is 25.1 Å². The third-order valence-electron chi connectivity index (χ3n) is 4.83. The van der Waals surface area contributed by atoms with Gasteiger partial charge in [0.2, 0.25) is 11.8 Å². The number of carbonyl (C=O) groups is 2. The minimum atomic E-state index is -4.44. The SMILES string of the molecule is NC(=O)[C@@H](Cc1ccc(-c2ccccc2)cc1)NC(=O)Cc1ccc(C(F)(F)F)cc1. The fourth-order valence-corrected chi connectivity index (χ4v) is 3.16. The molecule has 0 aliphatic carbocycles. The number of hydrogen-bond donors (Lipinski definition) is 2. The van der Waals surface area contributed by atoms with Gasteiger partial charge in [-0.2, -0.15) is 13.2 Å². The molecule has 3 rings (SSSR count). The maximum atomic E-state index is 12.6.